The van der Waals surface area contributed by atoms with Gasteiger partial charge >= 0.3 is 0 Å². The Morgan fingerprint density at radius 2 is 1.47 bits per heavy atom. The quantitative estimate of drug-likeness (QED) is 0.817. The van der Waals surface area contributed by atoms with Crippen LogP contribution in [0.5, 0.6) is 0 Å². The lowest BCUT2D eigenvalue weighted by Crippen LogP contribution is -1.99. The Balaban J connectivity index is 2.10. The number of halogens is 1. The number of benzene rings is 2. The number of rotatable bonds is 3. The smallest absolute Gasteiger partial charge is 0.0426 e. The van der Waals surface area contributed by atoms with Crippen molar-refractivity contribution in [3.05, 3.63) is 58.6 Å². The molecule has 0 aliphatic rings. The van der Waals surface area contributed by atoms with E-state index in [1.54, 1.807) is 6.07 Å². The Hall–Kier alpha value is -1.67. The zero-order valence-corrected chi connectivity index (χ0v) is 10.2. The minimum atomic E-state index is 0.672. The van der Waals surface area contributed by atoms with Gasteiger partial charge in [0.15, 0.2) is 0 Å². The van der Waals surface area contributed by atoms with Gasteiger partial charge in [-0.2, -0.15) is 0 Å². The maximum Gasteiger partial charge on any atom is 0.0426 e. The summed E-state index contributed by atoms with van der Waals surface area (Å²) in [4.78, 5) is 0. The highest BCUT2D eigenvalue weighted by Crippen LogP contribution is 2.21. The fourth-order valence-corrected chi connectivity index (χ4v) is 2.01. The third-order valence-corrected chi connectivity index (χ3v) is 3.06. The topological polar surface area (TPSA) is 52.0 Å². The number of aryl methyl sites for hydroxylation is 2. The highest BCUT2D eigenvalue weighted by molar-refractivity contribution is 6.30. The van der Waals surface area contributed by atoms with Crippen LogP contribution in [-0.2, 0) is 12.8 Å². The molecule has 0 saturated carbocycles. The molecule has 88 valence electrons. The van der Waals surface area contributed by atoms with Crippen molar-refractivity contribution < 1.29 is 0 Å². The molecule has 0 bridgehead atoms. The van der Waals surface area contributed by atoms with Crippen molar-refractivity contribution in [2.24, 2.45) is 0 Å². The number of para-hydroxylation sites is 1. The molecular weight excluding hydrogens is 232 g/mol. The zero-order chi connectivity index (χ0) is 12.3. The Morgan fingerprint density at radius 3 is 2.12 bits per heavy atom. The van der Waals surface area contributed by atoms with Crippen molar-refractivity contribution in [2.45, 2.75) is 12.8 Å². The van der Waals surface area contributed by atoms with E-state index in [1.807, 2.05) is 36.4 Å². The van der Waals surface area contributed by atoms with E-state index >= 15 is 0 Å². The molecule has 3 heteroatoms. The van der Waals surface area contributed by atoms with Gasteiger partial charge in [-0.25, -0.2) is 0 Å². The van der Waals surface area contributed by atoms with Gasteiger partial charge in [-0.3, -0.25) is 0 Å². The summed E-state index contributed by atoms with van der Waals surface area (Å²) < 4.78 is 0. The van der Waals surface area contributed by atoms with Crippen molar-refractivity contribution in [2.75, 3.05) is 11.5 Å². The van der Waals surface area contributed by atoms with E-state index in [1.165, 1.54) is 0 Å². The molecule has 2 nitrogen and oxygen atoms in total. The summed E-state index contributed by atoms with van der Waals surface area (Å²) in [6.07, 6.45) is 1.76. The van der Waals surface area contributed by atoms with Crippen molar-refractivity contribution in [3.63, 3.8) is 0 Å². The first kappa shape index (κ1) is 11.8. The highest BCUT2D eigenvalue weighted by atomic mass is 35.5. The molecule has 0 unspecified atom stereocenters. The lowest BCUT2D eigenvalue weighted by Gasteiger charge is -2.08. The van der Waals surface area contributed by atoms with E-state index < -0.39 is 0 Å². The number of nitrogen functional groups attached to an aromatic ring is 2. The third-order valence-electron chi connectivity index (χ3n) is 2.83. The van der Waals surface area contributed by atoms with Gasteiger partial charge in [0.25, 0.3) is 0 Å². The van der Waals surface area contributed by atoms with Gasteiger partial charge in [0.2, 0.25) is 0 Å². The molecule has 0 spiro atoms. The standard InChI is InChI=1S/C14H15ClN2/c15-12-8-7-11(14(17)9-12)6-5-10-3-1-2-4-13(10)16/h1-4,7-9H,5-6,16-17H2. The first-order valence-electron chi connectivity index (χ1n) is 5.54. The normalized spacial score (nSPS) is 10.4. The molecule has 0 amide bonds. The van der Waals surface area contributed by atoms with E-state index in [9.17, 15) is 0 Å². The highest BCUT2D eigenvalue weighted by Gasteiger charge is 2.02. The van der Waals surface area contributed by atoms with Crippen LogP contribution in [0.4, 0.5) is 11.4 Å². The maximum absolute atomic E-state index is 5.91. The average molecular weight is 247 g/mol. The van der Waals surface area contributed by atoms with E-state index in [-0.39, 0.29) is 0 Å². The molecule has 0 fully saturated rings. The van der Waals surface area contributed by atoms with Crippen molar-refractivity contribution in [1.82, 2.24) is 0 Å². The van der Waals surface area contributed by atoms with Crippen molar-refractivity contribution >= 4 is 23.0 Å². The Bertz CT molecular complexity index is 523. The van der Waals surface area contributed by atoms with Crippen LogP contribution in [0.3, 0.4) is 0 Å². The van der Waals surface area contributed by atoms with Crippen LogP contribution in [0.2, 0.25) is 5.02 Å². The number of nitrogens with two attached hydrogens (primary N) is 2. The van der Waals surface area contributed by atoms with Crippen LogP contribution in [0.1, 0.15) is 11.1 Å². The molecule has 0 aliphatic carbocycles. The molecule has 0 radical (unpaired) electrons. The van der Waals surface area contributed by atoms with Crippen LogP contribution in [-0.4, -0.2) is 0 Å². The van der Waals surface area contributed by atoms with Gasteiger partial charge in [0.05, 0.1) is 0 Å². The van der Waals surface area contributed by atoms with Gasteiger partial charge < -0.3 is 11.5 Å². The molecule has 2 rings (SSSR count). The Kier molecular flexibility index (Phi) is 3.55. The van der Waals surface area contributed by atoms with Crippen molar-refractivity contribution in [1.29, 1.82) is 0 Å². The summed E-state index contributed by atoms with van der Waals surface area (Å²) in [6.45, 7) is 0. The van der Waals surface area contributed by atoms with Crippen LogP contribution in [0.15, 0.2) is 42.5 Å². The van der Waals surface area contributed by atoms with Gasteiger partial charge in [-0.15, -0.1) is 0 Å². The number of hydrogen-bond donors (Lipinski definition) is 2. The average Bonchev–Trinajstić information content (AvgIpc) is 2.30. The minimum absolute atomic E-state index is 0.672. The SMILES string of the molecule is Nc1ccccc1CCc1ccc(Cl)cc1N. The molecular formula is C14H15ClN2. The number of hydrogen-bond acceptors (Lipinski definition) is 2. The minimum Gasteiger partial charge on any atom is -0.399 e. The molecule has 0 heterocycles. The first-order chi connectivity index (χ1) is 8.16. The summed E-state index contributed by atoms with van der Waals surface area (Å²) >= 11 is 5.86. The van der Waals surface area contributed by atoms with Crippen LogP contribution in [0, 0.1) is 0 Å². The second-order valence-corrected chi connectivity index (χ2v) is 4.48. The lowest BCUT2D eigenvalue weighted by molar-refractivity contribution is 0.966. The molecule has 0 saturated heterocycles. The monoisotopic (exact) mass is 246 g/mol. The Labute approximate surface area is 106 Å². The second kappa shape index (κ2) is 5.11. The Morgan fingerprint density at radius 1 is 0.824 bits per heavy atom. The van der Waals surface area contributed by atoms with Crippen LogP contribution < -0.4 is 11.5 Å². The lowest BCUT2D eigenvalue weighted by atomic mass is 10.0. The zero-order valence-electron chi connectivity index (χ0n) is 9.49. The van der Waals surface area contributed by atoms with E-state index in [0.717, 1.165) is 35.3 Å². The summed E-state index contributed by atoms with van der Waals surface area (Å²) in [7, 11) is 0. The first-order valence-corrected chi connectivity index (χ1v) is 5.92. The van der Waals surface area contributed by atoms with E-state index in [2.05, 4.69) is 0 Å². The summed E-state index contributed by atoms with van der Waals surface area (Å²) in [5, 5.41) is 0.672. The molecule has 2 aromatic rings. The fourth-order valence-electron chi connectivity index (χ4n) is 1.82. The van der Waals surface area contributed by atoms with Gasteiger partial charge in [0, 0.05) is 16.4 Å². The van der Waals surface area contributed by atoms with Crippen LogP contribution in [0.25, 0.3) is 0 Å². The number of anilines is 2. The molecule has 0 atom stereocenters. The maximum atomic E-state index is 5.91. The molecule has 2 aromatic carbocycles. The van der Waals surface area contributed by atoms with Crippen LogP contribution >= 0.6 is 11.6 Å². The molecule has 17 heavy (non-hydrogen) atoms. The summed E-state index contributed by atoms with van der Waals surface area (Å²) in [5.41, 5.74) is 15.6. The second-order valence-electron chi connectivity index (χ2n) is 4.04. The van der Waals surface area contributed by atoms with Gasteiger partial charge in [0.1, 0.15) is 0 Å². The fraction of sp³-hybridized carbons (Fsp3) is 0.143. The summed E-state index contributed by atoms with van der Waals surface area (Å²) in [5.74, 6) is 0. The molecule has 0 aliphatic heterocycles. The van der Waals surface area contributed by atoms with Crippen molar-refractivity contribution in [3.8, 4) is 0 Å². The third kappa shape index (κ3) is 2.92. The van der Waals surface area contributed by atoms with E-state index in [4.69, 9.17) is 23.1 Å². The molecule has 0 aromatic heterocycles. The van der Waals surface area contributed by atoms with E-state index in [0.29, 0.717) is 5.02 Å². The largest absolute Gasteiger partial charge is 0.399 e. The predicted molar refractivity (Wildman–Crippen MR) is 74.1 cm³/mol. The molecule has 4 N–H and O–H groups in total. The van der Waals surface area contributed by atoms with Gasteiger partial charge in [-0.05, 0) is 42.2 Å². The summed E-state index contributed by atoms with van der Waals surface area (Å²) in [6, 6.07) is 13.5. The van der Waals surface area contributed by atoms with Gasteiger partial charge in [-0.1, -0.05) is 35.9 Å². The predicted octanol–water partition coefficient (Wildman–Crippen LogP) is 3.29.